The maximum Gasteiger partial charge on any atom is 0.234 e. The Morgan fingerprint density at radius 3 is 3.12 bits per heavy atom. The highest BCUT2D eigenvalue weighted by molar-refractivity contribution is 5.78. The first-order valence-corrected chi connectivity index (χ1v) is 5.01. The second-order valence-corrected chi connectivity index (χ2v) is 3.32. The van der Waals surface area contributed by atoms with E-state index >= 15 is 0 Å². The molecule has 1 amide bonds. The van der Waals surface area contributed by atoms with Crippen LogP contribution in [-0.4, -0.2) is 24.0 Å². The average Bonchev–Trinajstić information content (AvgIpc) is 2.34. The van der Waals surface area contributed by atoms with Gasteiger partial charge in [0.15, 0.2) is 0 Å². The lowest BCUT2D eigenvalue weighted by Gasteiger charge is -2.12. The molecule has 1 unspecified atom stereocenters. The van der Waals surface area contributed by atoms with Crippen molar-refractivity contribution in [2.45, 2.75) is 13.0 Å². The van der Waals surface area contributed by atoms with E-state index in [9.17, 15) is 4.79 Å². The van der Waals surface area contributed by atoms with Crippen LogP contribution in [0.3, 0.4) is 0 Å². The molecule has 0 bridgehead atoms. The van der Waals surface area contributed by atoms with Crippen molar-refractivity contribution < 1.29 is 4.79 Å². The molecule has 1 atom stereocenters. The SMILES string of the molecule is CC(NCC(=O)NCC#N)c1cccnc1. The molecule has 84 valence electrons. The van der Waals surface area contributed by atoms with E-state index in [1.54, 1.807) is 12.4 Å². The van der Waals surface area contributed by atoms with E-state index in [4.69, 9.17) is 5.26 Å². The van der Waals surface area contributed by atoms with Gasteiger partial charge in [0.05, 0.1) is 12.6 Å². The van der Waals surface area contributed by atoms with Gasteiger partial charge in [0.1, 0.15) is 6.54 Å². The Kier molecular flexibility index (Phi) is 4.96. The van der Waals surface area contributed by atoms with Crippen molar-refractivity contribution in [2.75, 3.05) is 13.1 Å². The summed E-state index contributed by atoms with van der Waals surface area (Å²) in [5.74, 6) is -0.183. The first-order valence-electron chi connectivity index (χ1n) is 5.01. The molecule has 0 aliphatic heterocycles. The minimum atomic E-state index is -0.183. The number of amides is 1. The maximum absolute atomic E-state index is 11.2. The van der Waals surface area contributed by atoms with Crippen LogP contribution in [0.1, 0.15) is 18.5 Å². The normalized spacial score (nSPS) is 11.5. The molecule has 16 heavy (non-hydrogen) atoms. The fourth-order valence-corrected chi connectivity index (χ4v) is 1.20. The molecule has 0 radical (unpaired) electrons. The zero-order chi connectivity index (χ0) is 11.8. The summed E-state index contributed by atoms with van der Waals surface area (Å²) in [6.07, 6.45) is 3.46. The van der Waals surface area contributed by atoms with Crippen LogP contribution in [0, 0.1) is 11.3 Å². The summed E-state index contributed by atoms with van der Waals surface area (Å²) in [5, 5.41) is 13.8. The van der Waals surface area contributed by atoms with Crippen molar-refractivity contribution >= 4 is 5.91 Å². The molecular formula is C11H14N4O. The predicted molar refractivity (Wildman–Crippen MR) is 59.3 cm³/mol. The minimum Gasteiger partial charge on any atom is -0.342 e. The zero-order valence-electron chi connectivity index (χ0n) is 9.10. The Morgan fingerprint density at radius 1 is 1.69 bits per heavy atom. The number of hydrogen-bond acceptors (Lipinski definition) is 4. The summed E-state index contributed by atoms with van der Waals surface area (Å²) in [4.78, 5) is 15.2. The highest BCUT2D eigenvalue weighted by Crippen LogP contribution is 2.08. The average molecular weight is 218 g/mol. The first kappa shape index (κ1) is 12.1. The summed E-state index contributed by atoms with van der Waals surface area (Å²) < 4.78 is 0. The number of carbonyl (C=O) groups is 1. The predicted octanol–water partition coefficient (Wildman–Crippen LogP) is 0.372. The summed E-state index contributed by atoms with van der Waals surface area (Å²) in [6, 6.07) is 5.70. The lowest BCUT2D eigenvalue weighted by molar-refractivity contribution is -0.120. The van der Waals surface area contributed by atoms with Crippen molar-refractivity contribution in [3.63, 3.8) is 0 Å². The quantitative estimate of drug-likeness (QED) is 0.700. The number of hydrogen-bond donors (Lipinski definition) is 2. The molecule has 0 aliphatic carbocycles. The smallest absolute Gasteiger partial charge is 0.234 e. The van der Waals surface area contributed by atoms with Crippen molar-refractivity contribution in [1.82, 2.24) is 15.6 Å². The van der Waals surface area contributed by atoms with Crippen LogP contribution >= 0.6 is 0 Å². The molecule has 1 rings (SSSR count). The Labute approximate surface area is 94.5 Å². The summed E-state index contributed by atoms with van der Waals surface area (Å²) >= 11 is 0. The topological polar surface area (TPSA) is 77.8 Å². The number of nitrogens with zero attached hydrogens (tertiary/aromatic N) is 2. The molecule has 0 saturated heterocycles. The summed E-state index contributed by atoms with van der Waals surface area (Å²) in [7, 11) is 0. The van der Waals surface area contributed by atoms with Gasteiger partial charge in [0.2, 0.25) is 5.91 Å². The molecule has 2 N–H and O–H groups in total. The van der Waals surface area contributed by atoms with Gasteiger partial charge in [-0.1, -0.05) is 6.07 Å². The van der Waals surface area contributed by atoms with Gasteiger partial charge in [-0.2, -0.15) is 5.26 Å². The second-order valence-electron chi connectivity index (χ2n) is 3.32. The number of carbonyl (C=O) groups excluding carboxylic acids is 1. The van der Waals surface area contributed by atoms with E-state index < -0.39 is 0 Å². The van der Waals surface area contributed by atoms with Crippen molar-refractivity contribution in [2.24, 2.45) is 0 Å². The molecule has 5 heteroatoms. The number of aromatic nitrogens is 1. The third-order valence-electron chi connectivity index (χ3n) is 2.12. The third-order valence-corrected chi connectivity index (χ3v) is 2.12. The Morgan fingerprint density at radius 2 is 2.50 bits per heavy atom. The maximum atomic E-state index is 11.2. The first-order chi connectivity index (χ1) is 7.74. The Bertz CT molecular complexity index is 371. The standard InChI is InChI=1S/C11H14N4O/c1-9(10-3-2-5-13-7-10)15-8-11(16)14-6-4-12/h2-3,5,7,9,15H,6,8H2,1H3,(H,14,16). The van der Waals surface area contributed by atoms with Gasteiger partial charge in [0.25, 0.3) is 0 Å². The summed E-state index contributed by atoms with van der Waals surface area (Å²) in [5.41, 5.74) is 1.02. The molecule has 1 aromatic heterocycles. The molecule has 0 aromatic carbocycles. The Hall–Kier alpha value is -1.93. The van der Waals surface area contributed by atoms with Crippen molar-refractivity contribution in [1.29, 1.82) is 5.26 Å². The lowest BCUT2D eigenvalue weighted by Crippen LogP contribution is -2.35. The molecule has 0 aliphatic rings. The monoisotopic (exact) mass is 218 g/mol. The molecule has 0 fully saturated rings. The molecule has 1 aromatic rings. The Balaban J connectivity index is 2.33. The molecule has 1 heterocycles. The lowest BCUT2D eigenvalue weighted by atomic mass is 10.1. The number of pyridine rings is 1. The summed E-state index contributed by atoms with van der Waals surface area (Å²) in [6.45, 7) is 2.19. The van der Waals surface area contributed by atoms with E-state index in [0.717, 1.165) is 5.56 Å². The van der Waals surface area contributed by atoms with Gasteiger partial charge in [-0.05, 0) is 18.6 Å². The number of nitrogens with one attached hydrogen (secondary N) is 2. The molecule has 0 saturated carbocycles. The zero-order valence-corrected chi connectivity index (χ0v) is 9.10. The van der Waals surface area contributed by atoms with E-state index in [1.165, 1.54) is 0 Å². The highest BCUT2D eigenvalue weighted by atomic mass is 16.1. The van der Waals surface area contributed by atoms with Gasteiger partial charge < -0.3 is 10.6 Å². The third kappa shape index (κ3) is 4.07. The van der Waals surface area contributed by atoms with Gasteiger partial charge in [0, 0.05) is 18.4 Å². The fourth-order valence-electron chi connectivity index (χ4n) is 1.20. The fraction of sp³-hybridized carbons (Fsp3) is 0.364. The van der Waals surface area contributed by atoms with Crippen LogP contribution in [0.4, 0.5) is 0 Å². The van der Waals surface area contributed by atoms with E-state index in [2.05, 4.69) is 15.6 Å². The highest BCUT2D eigenvalue weighted by Gasteiger charge is 2.06. The second kappa shape index (κ2) is 6.53. The van der Waals surface area contributed by atoms with Crippen LogP contribution in [0.25, 0.3) is 0 Å². The van der Waals surface area contributed by atoms with E-state index in [-0.39, 0.29) is 25.0 Å². The number of nitriles is 1. The van der Waals surface area contributed by atoms with Gasteiger partial charge in [-0.15, -0.1) is 0 Å². The number of rotatable bonds is 5. The van der Waals surface area contributed by atoms with E-state index in [1.807, 2.05) is 25.1 Å². The molecular weight excluding hydrogens is 204 g/mol. The van der Waals surface area contributed by atoms with Crippen molar-refractivity contribution in [3.05, 3.63) is 30.1 Å². The van der Waals surface area contributed by atoms with Crippen LogP contribution in [-0.2, 0) is 4.79 Å². The van der Waals surface area contributed by atoms with Gasteiger partial charge >= 0.3 is 0 Å². The van der Waals surface area contributed by atoms with Crippen LogP contribution < -0.4 is 10.6 Å². The van der Waals surface area contributed by atoms with Crippen LogP contribution in [0.5, 0.6) is 0 Å². The van der Waals surface area contributed by atoms with Crippen LogP contribution in [0.15, 0.2) is 24.5 Å². The largest absolute Gasteiger partial charge is 0.342 e. The van der Waals surface area contributed by atoms with Gasteiger partial charge in [-0.25, -0.2) is 0 Å². The van der Waals surface area contributed by atoms with Gasteiger partial charge in [-0.3, -0.25) is 9.78 Å². The molecule has 0 spiro atoms. The minimum absolute atomic E-state index is 0.0434. The van der Waals surface area contributed by atoms with E-state index in [0.29, 0.717) is 0 Å². The van der Waals surface area contributed by atoms with Crippen LogP contribution in [0.2, 0.25) is 0 Å². The van der Waals surface area contributed by atoms with Crippen molar-refractivity contribution in [3.8, 4) is 6.07 Å². The molecule has 5 nitrogen and oxygen atoms in total.